The van der Waals surface area contributed by atoms with Crippen LogP contribution in [0.1, 0.15) is 24.0 Å². The molecule has 1 N–H and O–H groups in total. The first-order valence-corrected chi connectivity index (χ1v) is 10.6. The molecule has 1 aliphatic heterocycles. The van der Waals surface area contributed by atoms with Crippen LogP contribution in [0.4, 0.5) is 13.2 Å². The van der Waals surface area contributed by atoms with E-state index < -0.39 is 11.7 Å². The summed E-state index contributed by atoms with van der Waals surface area (Å²) in [5.41, 5.74) is 0.995. The van der Waals surface area contributed by atoms with Crippen LogP contribution in [0.25, 0.3) is 22.8 Å². The van der Waals surface area contributed by atoms with Gasteiger partial charge in [-0.25, -0.2) is 4.98 Å². The molecular formula is C24H25F3N4O. The van der Waals surface area contributed by atoms with E-state index in [0.717, 1.165) is 43.8 Å². The van der Waals surface area contributed by atoms with E-state index in [-0.39, 0.29) is 17.0 Å². The number of hydrogen-bond acceptors (Lipinski definition) is 3. The monoisotopic (exact) mass is 442 g/mol. The smallest absolute Gasteiger partial charge is 0.352 e. The van der Waals surface area contributed by atoms with E-state index in [2.05, 4.69) is 22.2 Å². The zero-order valence-electron chi connectivity index (χ0n) is 17.8. The third-order valence-corrected chi connectivity index (χ3v) is 5.85. The number of nitrogens with zero attached hydrogens (tertiary/aromatic N) is 3. The third kappa shape index (κ3) is 5.02. The molecule has 0 saturated carbocycles. The van der Waals surface area contributed by atoms with E-state index in [4.69, 9.17) is 0 Å². The van der Waals surface area contributed by atoms with Crippen LogP contribution < -0.4 is 5.32 Å². The number of imidazole rings is 1. The average molecular weight is 442 g/mol. The molecule has 2 aromatic carbocycles. The minimum Gasteiger partial charge on any atom is -0.352 e. The Kier molecular flexibility index (Phi) is 6.32. The SMILES string of the molecule is CN1CCC(CNC(=O)C=Cc2cc(C(F)(F)F)cc3ncn(-c4ccccc4)c23)CC1. The van der Waals surface area contributed by atoms with Gasteiger partial charge in [0.1, 0.15) is 6.33 Å². The number of alkyl halides is 3. The normalized spacial score (nSPS) is 16.1. The van der Waals surface area contributed by atoms with Gasteiger partial charge in [-0.15, -0.1) is 0 Å². The molecule has 32 heavy (non-hydrogen) atoms. The number of carbonyl (C=O) groups is 1. The Labute approximate surface area is 184 Å². The molecule has 3 aromatic rings. The molecule has 0 bridgehead atoms. The van der Waals surface area contributed by atoms with Crippen LogP contribution in [-0.4, -0.2) is 47.0 Å². The Morgan fingerprint density at radius 1 is 1.19 bits per heavy atom. The fourth-order valence-corrected chi connectivity index (χ4v) is 3.99. The van der Waals surface area contributed by atoms with E-state index in [1.54, 1.807) is 4.57 Å². The van der Waals surface area contributed by atoms with Gasteiger partial charge in [-0.3, -0.25) is 9.36 Å². The molecule has 168 valence electrons. The second-order valence-corrected chi connectivity index (χ2v) is 8.21. The third-order valence-electron chi connectivity index (χ3n) is 5.85. The van der Waals surface area contributed by atoms with Gasteiger partial charge in [0.2, 0.25) is 5.91 Å². The summed E-state index contributed by atoms with van der Waals surface area (Å²) in [6, 6.07) is 11.3. The number of aromatic nitrogens is 2. The summed E-state index contributed by atoms with van der Waals surface area (Å²) in [5, 5.41) is 2.88. The number of benzene rings is 2. The average Bonchev–Trinajstić information content (AvgIpc) is 3.21. The highest BCUT2D eigenvalue weighted by Crippen LogP contribution is 2.34. The number of likely N-dealkylation sites (tertiary alicyclic amines) is 1. The molecule has 0 aliphatic carbocycles. The highest BCUT2D eigenvalue weighted by molar-refractivity contribution is 5.95. The van der Waals surface area contributed by atoms with Crippen molar-refractivity contribution in [1.82, 2.24) is 19.8 Å². The molecule has 2 heterocycles. The number of nitrogens with one attached hydrogen (secondary N) is 1. The second kappa shape index (κ2) is 9.16. The predicted octanol–water partition coefficient (Wildman–Crippen LogP) is 4.52. The van der Waals surface area contributed by atoms with E-state index >= 15 is 0 Å². The molecule has 5 nitrogen and oxygen atoms in total. The molecule has 0 unspecified atom stereocenters. The number of amides is 1. The first-order valence-electron chi connectivity index (χ1n) is 10.6. The molecule has 1 aromatic heterocycles. The molecule has 0 spiro atoms. The topological polar surface area (TPSA) is 50.2 Å². The van der Waals surface area contributed by atoms with Gasteiger partial charge in [0.05, 0.1) is 16.6 Å². The predicted molar refractivity (Wildman–Crippen MR) is 118 cm³/mol. The van der Waals surface area contributed by atoms with Crippen LogP contribution in [0.2, 0.25) is 0 Å². The number of para-hydroxylation sites is 1. The molecule has 1 fully saturated rings. The minimum absolute atomic E-state index is 0.218. The van der Waals surface area contributed by atoms with Crippen molar-refractivity contribution in [2.45, 2.75) is 19.0 Å². The maximum atomic E-state index is 13.4. The summed E-state index contributed by atoms with van der Waals surface area (Å²) < 4.78 is 42.0. The number of piperidine rings is 1. The highest BCUT2D eigenvalue weighted by atomic mass is 19.4. The summed E-state index contributed by atoms with van der Waals surface area (Å²) in [6.07, 6.45) is 1.76. The van der Waals surface area contributed by atoms with Crippen molar-refractivity contribution in [2.75, 3.05) is 26.7 Å². The Balaban J connectivity index is 1.61. The summed E-state index contributed by atoms with van der Waals surface area (Å²) in [5.74, 6) is 0.101. The number of rotatable bonds is 5. The van der Waals surface area contributed by atoms with Crippen LogP contribution in [0.3, 0.4) is 0 Å². The first kappa shape index (κ1) is 22.1. The van der Waals surface area contributed by atoms with Gasteiger partial charge in [-0.1, -0.05) is 18.2 Å². The Morgan fingerprint density at radius 2 is 1.91 bits per heavy atom. The number of halogens is 3. The summed E-state index contributed by atoms with van der Waals surface area (Å²) in [7, 11) is 2.08. The number of hydrogen-bond donors (Lipinski definition) is 1. The standard InChI is InChI=1S/C24H25F3N4O/c1-30-11-9-17(10-12-30)15-28-22(32)8-7-18-13-19(24(25,26)27)14-21-23(18)31(16-29-21)20-5-3-2-4-6-20/h2-8,13-14,16-17H,9-12,15H2,1H3,(H,28,32). The lowest BCUT2D eigenvalue weighted by molar-refractivity contribution is -0.137. The van der Waals surface area contributed by atoms with Crippen LogP contribution in [-0.2, 0) is 11.0 Å². The zero-order valence-corrected chi connectivity index (χ0v) is 17.8. The van der Waals surface area contributed by atoms with Gasteiger partial charge in [0.25, 0.3) is 0 Å². The lowest BCUT2D eigenvalue weighted by Gasteiger charge is -2.28. The van der Waals surface area contributed by atoms with E-state index in [0.29, 0.717) is 18.0 Å². The van der Waals surface area contributed by atoms with Crippen LogP contribution in [0, 0.1) is 5.92 Å². The molecule has 4 rings (SSSR count). The van der Waals surface area contributed by atoms with E-state index in [9.17, 15) is 18.0 Å². The van der Waals surface area contributed by atoms with Gasteiger partial charge < -0.3 is 10.2 Å². The highest BCUT2D eigenvalue weighted by Gasteiger charge is 2.32. The molecule has 0 atom stereocenters. The molecule has 1 aliphatic rings. The summed E-state index contributed by atoms with van der Waals surface area (Å²) in [4.78, 5) is 18.8. The number of fused-ring (bicyclic) bond motifs is 1. The fraction of sp³-hybridized carbons (Fsp3) is 0.333. The van der Waals surface area contributed by atoms with Crippen LogP contribution >= 0.6 is 0 Å². The Morgan fingerprint density at radius 3 is 2.59 bits per heavy atom. The van der Waals surface area contributed by atoms with Crippen molar-refractivity contribution < 1.29 is 18.0 Å². The van der Waals surface area contributed by atoms with Crippen molar-refractivity contribution in [1.29, 1.82) is 0 Å². The van der Waals surface area contributed by atoms with Crippen molar-refractivity contribution in [2.24, 2.45) is 5.92 Å². The molecule has 1 amide bonds. The van der Waals surface area contributed by atoms with Gasteiger partial charge in [-0.05, 0) is 69.2 Å². The molecular weight excluding hydrogens is 417 g/mol. The zero-order chi connectivity index (χ0) is 22.7. The van der Waals surface area contributed by atoms with Gasteiger partial charge in [0.15, 0.2) is 0 Å². The second-order valence-electron chi connectivity index (χ2n) is 8.21. The maximum Gasteiger partial charge on any atom is 0.416 e. The van der Waals surface area contributed by atoms with Crippen LogP contribution in [0.15, 0.2) is 54.9 Å². The van der Waals surface area contributed by atoms with E-state index in [1.807, 2.05) is 30.3 Å². The Bertz CT molecular complexity index is 1110. The minimum atomic E-state index is -4.51. The summed E-state index contributed by atoms with van der Waals surface area (Å²) in [6.45, 7) is 2.57. The quantitative estimate of drug-likeness (QED) is 0.592. The van der Waals surface area contributed by atoms with Gasteiger partial charge >= 0.3 is 6.18 Å². The van der Waals surface area contributed by atoms with Crippen molar-refractivity contribution in [3.63, 3.8) is 0 Å². The molecule has 8 heteroatoms. The Hall–Kier alpha value is -3.13. The van der Waals surface area contributed by atoms with Crippen molar-refractivity contribution >= 4 is 23.0 Å². The summed E-state index contributed by atoms with van der Waals surface area (Å²) >= 11 is 0. The lowest BCUT2D eigenvalue weighted by atomic mass is 9.97. The van der Waals surface area contributed by atoms with Gasteiger partial charge in [0, 0.05) is 23.9 Å². The van der Waals surface area contributed by atoms with Crippen molar-refractivity contribution in [3.8, 4) is 5.69 Å². The molecule has 0 radical (unpaired) electrons. The van der Waals surface area contributed by atoms with E-state index in [1.165, 1.54) is 18.5 Å². The van der Waals surface area contributed by atoms with Gasteiger partial charge in [-0.2, -0.15) is 13.2 Å². The first-order chi connectivity index (χ1) is 15.3. The lowest BCUT2D eigenvalue weighted by Crippen LogP contribution is -2.36. The maximum absolute atomic E-state index is 13.4. The largest absolute Gasteiger partial charge is 0.416 e. The fourth-order valence-electron chi connectivity index (χ4n) is 3.99. The number of carbonyl (C=O) groups excluding carboxylic acids is 1. The molecule has 1 saturated heterocycles. The van der Waals surface area contributed by atoms with Crippen molar-refractivity contribution in [3.05, 3.63) is 66.0 Å². The van der Waals surface area contributed by atoms with Crippen LogP contribution in [0.5, 0.6) is 0 Å².